The highest BCUT2D eigenvalue weighted by Gasteiger charge is 2.18. The van der Waals surface area contributed by atoms with Crippen molar-refractivity contribution in [3.8, 4) is 11.5 Å². The molecule has 0 aliphatic carbocycles. The molecule has 1 atom stereocenters. The average molecular weight is 339 g/mol. The third kappa shape index (κ3) is 3.97. The van der Waals surface area contributed by atoms with Gasteiger partial charge in [-0.3, -0.25) is 9.89 Å². The highest BCUT2D eigenvalue weighted by atomic mass is 16.3. The predicted octanol–water partition coefficient (Wildman–Crippen LogP) is 3.17. The van der Waals surface area contributed by atoms with Gasteiger partial charge in [0.2, 0.25) is 0 Å². The summed E-state index contributed by atoms with van der Waals surface area (Å²) in [6, 6.07) is 14.8. The van der Waals surface area contributed by atoms with E-state index in [4.69, 9.17) is 4.42 Å². The van der Waals surface area contributed by atoms with Crippen LogP contribution in [0.25, 0.3) is 11.5 Å². The Morgan fingerprint density at radius 2 is 2.04 bits per heavy atom. The summed E-state index contributed by atoms with van der Waals surface area (Å²) in [4.78, 5) is 14.0. The number of rotatable bonds is 6. The van der Waals surface area contributed by atoms with E-state index in [1.54, 1.807) is 18.0 Å². The Morgan fingerprint density at radius 3 is 2.72 bits per heavy atom. The molecule has 0 aliphatic heterocycles. The van der Waals surface area contributed by atoms with Crippen LogP contribution in [0.1, 0.15) is 34.3 Å². The van der Waals surface area contributed by atoms with Crippen molar-refractivity contribution in [2.24, 2.45) is 0 Å². The molecule has 2 aromatic heterocycles. The van der Waals surface area contributed by atoms with E-state index in [1.165, 1.54) is 0 Å². The minimum absolute atomic E-state index is 0.203. The van der Waals surface area contributed by atoms with Gasteiger partial charge in [0.1, 0.15) is 11.5 Å². The van der Waals surface area contributed by atoms with Crippen LogP contribution in [0.2, 0.25) is 0 Å². The largest absolute Gasteiger partial charge is 0.460 e. The lowest BCUT2D eigenvalue weighted by atomic mass is 10.1. The number of H-pyrrole nitrogens is 1. The molecule has 0 fully saturated rings. The van der Waals surface area contributed by atoms with Gasteiger partial charge in [-0.15, -0.1) is 0 Å². The lowest BCUT2D eigenvalue weighted by molar-refractivity contribution is 0.0755. The van der Waals surface area contributed by atoms with Crippen LogP contribution in [0.5, 0.6) is 0 Å². The Bertz CT molecular complexity index is 838. The number of carbonyl (C=O) groups excluding carboxylic acids is 1. The number of aromatic nitrogens is 2. The summed E-state index contributed by atoms with van der Waals surface area (Å²) >= 11 is 0. The molecule has 1 aromatic carbocycles. The second kappa shape index (κ2) is 7.36. The number of nitrogens with zero attached hydrogens (tertiary/aromatic N) is 2. The number of carbonyl (C=O) groups is 1. The van der Waals surface area contributed by atoms with Crippen LogP contribution in [-0.2, 0) is 0 Å². The second-order valence-corrected chi connectivity index (χ2v) is 6.02. The Morgan fingerprint density at radius 1 is 1.28 bits per heavy atom. The summed E-state index contributed by atoms with van der Waals surface area (Å²) < 4.78 is 5.52. The summed E-state index contributed by atoms with van der Waals surface area (Å²) in [6.45, 7) is 2.29. The molecule has 0 saturated heterocycles. The second-order valence-electron chi connectivity index (χ2n) is 6.02. The standard InChI is InChI=1S/C19H21N3O3/c1-13-8-9-18(25-13)15-12-16(21-20-15)19(24)22(2)11-10-17(23)14-6-4-3-5-7-14/h3-9,12,17,23H,10-11H2,1-2H3,(H,20,21)/t17-/m0/s1. The van der Waals surface area contributed by atoms with Gasteiger partial charge in [-0.2, -0.15) is 5.10 Å². The highest BCUT2D eigenvalue weighted by molar-refractivity contribution is 5.93. The maximum Gasteiger partial charge on any atom is 0.274 e. The van der Waals surface area contributed by atoms with Crippen molar-refractivity contribution >= 4 is 5.91 Å². The zero-order valence-corrected chi connectivity index (χ0v) is 14.3. The molecule has 2 heterocycles. The first kappa shape index (κ1) is 17.0. The number of aliphatic hydroxyl groups excluding tert-OH is 1. The monoisotopic (exact) mass is 339 g/mol. The van der Waals surface area contributed by atoms with E-state index >= 15 is 0 Å². The first-order valence-electron chi connectivity index (χ1n) is 8.15. The van der Waals surface area contributed by atoms with Crippen molar-refractivity contribution in [1.29, 1.82) is 0 Å². The topological polar surface area (TPSA) is 82.4 Å². The van der Waals surface area contributed by atoms with Crippen LogP contribution >= 0.6 is 0 Å². The molecule has 0 bridgehead atoms. The first-order valence-corrected chi connectivity index (χ1v) is 8.15. The fourth-order valence-corrected chi connectivity index (χ4v) is 2.59. The van der Waals surface area contributed by atoms with Crippen LogP contribution in [0.15, 0.2) is 52.9 Å². The maximum atomic E-state index is 12.5. The van der Waals surface area contributed by atoms with Crippen LogP contribution < -0.4 is 0 Å². The zero-order chi connectivity index (χ0) is 17.8. The Balaban J connectivity index is 1.60. The molecule has 0 radical (unpaired) electrons. The minimum Gasteiger partial charge on any atom is -0.460 e. The van der Waals surface area contributed by atoms with E-state index in [2.05, 4.69) is 10.2 Å². The number of aryl methyl sites for hydroxylation is 1. The number of aliphatic hydroxyl groups is 1. The average Bonchev–Trinajstić information content (AvgIpc) is 3.28. The number of amides is 1. The van der Waals surface area contributed by atoms with E-state index in [-0.39, 0.29) is 5.91 Å². The molecule has 0 aliphatic rings. The molecule has 3 aromatic rings. The molecule has 6 heteroatoms. The molecular weight excluding hydrogens is 318 g/mol. The van der Waals surface area contributed by atoms with E-state index in [0.29, 0.717) is 30.1 Å². The third-order valence-corrected chi connectivity index (χ3v) is 4.07. The summed E-state index contributed by atoms with van der Waals surface area (Å²) in [5.74, 6) is 1.24. The molecule has 25 heavy (non-hydrogen) atoms. The molecule has 1 amide bonds. The number of furan rings is 1. The van der Waals surface area contributed by atoms with E-state index in [9.17, 15) is 9.90 Å². The van der Waals surface area contributed by atoms with Crippen LogP contribution in [0.4, 0.5) is 0 Å². The Labute approximate surface area is 146 Å². The van der Waals surface area contributed by atoms with Gasteiger partial charge >= 0.3 is 0 Å². The number of hydrogen-bond acceptors (Lipinski definition) is 4. The van der Waals surface area contributed by atoms with Gasteiger partial charge in [0.25, 0.3) is 5.91 Å². The SMILES string of the molecule is Cc1ccc(-c2cc(C(=O)N(C)CC[C@H](O)c3ccccc3)n[nH]2)o1. The maximum absolute atomic E-state index is 12.5. The smallest absolute Gasteiger partial charge is 0.274 e. The molecule has 3 rings (SSSR count). The zero-order valence-electron chi connectivity index (χ0n) is 14.3. The fraction of sp³-hybridized carbons (Fsp3) is 0.263. The van der Waals surface area contributed by atoms with Gasteiger partial charge in [0.05, 0.1) is 6.10 Å². The lowest BCUT2D eigenvalue weighted by Gasteiger charge is -2.18. The molecule has 130 valence electrons. The molecule has 2 N–H and O–H groups in total. The normalized spacial score (nSPS) is 12.1. The number of benzene rings is 1. The Hall–Kier alpha value is -2.86. The molecule has 6 nitrogen and oxygen atoms in total. The van der Waals surface area contributed by atoms with Gasteiger partial charge in [-0.25, -0.2) is 0 Å². The predicted molar refractivity (Wildman–Crippen MR) is 94.0 cm³/mol. The lowest BCUT2D eigenvalue weighted by Crippen LogP contribution is -2.29. The molecule has 0 spiro atoms. The number of nitrogens with one attached hydrogen (secondary N) is 1. The highest BCUT2D eigenvalue weighted by Crippen LogP contribution is 2.21. The van der Waals surface area contributed by atoms with Crippen molar-refractivity contribution in [3.05, 3.63) is 65.5 Å². The van der Waals surface area contributed by atoms with Gasteiger partial charge in [0.15, 0.2) is 11.5 Å². The van der Waals surface area contributed by atoms with Crippen molar-refractivity contribution in [2.45, 2.75) is 19.4 Å². The van der Waals surface area contributed by atoms with Crippen molar-refractivity contribution in [2.75, 3.05) is 13.6 Å². The van der Waals surface area contributed by atoms with Crippen molar-refractivity contribution in [1.82, 2.24) is 15.1 Å². The quantitative estimate of drug-likeness (QED) is 0.722. The summed E-state index contributed by atoms with van der Waals surface area (Å²) in [6.07, 6.45) is -0.140. The number of hydrogen-bond donors (Lipinski definition) is 2. The minimum atomic E-state index is -0.600. The van der Waals surface area contributed by atoms with Gasteiger partial charge < -0.3 is 14.4 Å². The summed E-state index contributed by atoms with van der Waals surface area (Å²) in [5, 5.41) is 17.1. The van der Waals surface area contributed by atoms with E-state index in [1.807, 2.05) is 49.4 Å². The molecular formula is C19H21N3O3. The van der Waals surface area contributed by atoms with E-state index < -0.39 is 6.10 Å². The van der Waals surface area contributed by atoms with Crippen LogP contribution in [-0.4, -0.2) is 39.7 Å². The van der Waals surface area contributed by atoms with Gasteiger partial charge in [-0.1, -0.05) is 30.3 Å². The van der Waals surface area contributed by atoms with Crippen LogP contribution in [0, 0.1) is 6.92 Å². The molecule has 0 unspecified atom stereocenters. The van der Waals surface area contributed by atoms with E-state index in [0.717, 1.165) is 11.3 Å². The van der Waals surface area contributed by atoms with Gasteiger partial charge in [-0.05, 0) is 31.0 Å². The summed E-state index contributed by atoms with van der Waals surface area (Å²) in [5.41, 5.74) is 1.83. The van der Waals surface area contributed by atoms with Gasteiger partial charge in [0, 0.05) is 19.7 Å². The molecule has 0 saturated carbocycles. The van der Waals surface area contributed by atoms with Crippen molar-refractivity contribution in [3.63, 3.8) is 0 Å². The first-order chi connectivity index (χ1) is 12.0. The number of aromatic amines is 1. The van der Waals surface area contributed by atoms with Crippen LogP contribution in [0.3, 0.4) is 0 Å². The fourth-order valence-electron chi connectivity index (χ4n) is 2.59. The third-order valence-electron chi connectivity index (χ3n) is 4.07. The summed E-state index contributed by atoms with van der Waals surface area (Å²) in [7, 11) is 1.70. The Kier molecular flexibility index (Phi) is 5.00. The van der Waals surface area contributed by atoms with Crippen molar-refractivity contribution < 1.29 is 14.3 Å².